The summed E-state index contributed by atoms with van der Waals surface area (Å²) in [6.45, 7) is 0.547. The number of hydrogen-bond donors (Lipinski definition) is 1. The zero-order valence-electron chi connectivity index (χ0n) is 12.0. The van der Waals surface area contributed by atoms with Crippen molar-refractivity contribution >= 4 is 22.9 Å². The summed E-state index contributed by atoms with van der Waals surface area (Å²) in [5.74, 6) is 1.03. The summed E-state index contributed by atoms with van der Waals surface area (Å²) < 4.78 is 9.92. The van der Waals surface area contributed by atoms with Crippen molar-refractivity contribution in [2.75, 3.05) is 26.7 Å². The van der Waals surface area contributed by atoms with Crippen LogP contribution in [0, 0.1) is 0 Å². The summed E-state index contributed by atoms with van der Waals surface area (Å²) in [5.41, 5.74) is 0.955. The molecular weight excluding hydrogens is 292 g/mol. The van der Waals surface area contributed by atoms with Gasteiger partial charge in [-0.15, -0.1) is 0 Å². The maximum Gasteiger partial charge on any atom is 0.282 e. The highest BCUT2D eigenvalue weighted by atomic mass is 32.2. The van der Waals surface area contributed by atoms with Crippen LogP contribution in [0.1, 0.15) is 5.56 Å². The van der Waals surface area contributed by atoms with Crippen LogP contribution in [0.5, 0.6) is 5.75 Å². The average Bonchev–Trinajstić information content (AvgIpc) is 2.87. The third-order valence-electron chi connectivity index (χ3n) is 3.18. The molecule has 7 heteroatoms. The number of benzene rings is 1. The zero-order valence-corrected chi connectivity index (χ0v) is 12.8. The number of thioether (sulfide) groups is 1. The Kier molecular flexibility index (Phi) is 5.46. The fraction of sp³-hybridized carbons (Fsp3) is 0.429. The van der Waals surface area contributed by atoms with Crippen molar-refractivity contribution in [3.63, 3.8) is 0 Å². The van der Waals surface area contributed by atoms with Crippen LogP contribution in [0.25, 0.3) is 0 Å². The number of ether oxygens (including phenoxy) is 2. The Morgan fingerprint density at radius 3 is 2.71 bits per heavy atom. The number of carbonyl (C=O) groups excluding carboxylic acids is 2. The standard InChI is InChI=1S/C14H18N2O4S/c1-19-9-15-13(17)12-8-21-14(18)16(12)7-10-3-5-11(20-2)6-4-10/h3-6,12H,7-9H2,1-2H3,(H,15,17)/t12-/m0/s1. The molecule has 2 rings (SSSR count). The third kappa shape index (κ3) is 3.89. The van der Waals surface area contributed by atoms with Crippen molar-refractivity contribution in [3.8, 4) is 5.75 Å². The molecule has 0 radical (unpaired) electrons. The van der Waals surface area contributed by atoms with Gasteiger partial charge in [0, 0.05) is 19.4 Å². The number of rotatable bonds is 6. The molecule has 6 nitrogen and oxygen atoms in total. The molecule has 1 atom stereocenters. The van der Waals surface area contributed by atoms with Crippen molar-refractivity contribution in [1.82, 2.24) is 10.2 Å². The summed E-state index contributed by atoms with van der Waals surface area (Å²) in [6, 6.07) is 6.99. The van der Waals surface area contributed by atoms with E-state index in [2.05, 4.69) is 5.32 Å². The second kappa shape index (κ2) is 7.33. The molecule has 21 heavy (non-hydrogen) atoms. The van der Waals surface area contributed by atoms with Gasteiger partial charge in [0.2, 0.25) is 5.91 Å². The second-order valence-corrected chi connectivity index (χ2v) is 5.51. The quantitative estimate of drug-likeness (QED) is 0.806. The number of methoxy groups -OCH3 is 2. The van der Waals surface area contributed by atoms with Crippen LogP contribution < -0.4 is 10.1 Å². The lowest BCUT2D eigenvalue weighted by Gasteiger charge is -2.23. The lowest BCUT2D eigenvalue weighted by Crippen LogP contribution is -2.45. The molecule has 114 valence electrons. The van der Waals surface area contributed by atoms with E-state index >= 15 is 0 Å². The molecule has 0 bridgehead atoms. The number of hydrogen-bond acceptors (Lipinski definition) is 5. The van der Waals surface area contributed by atoms with Gasteiger partial charge in [0.1, 0.15) is 18.5 Å². The molecule has 1 N–H and O–H groups in total. The molecule has 0 saturated carbocycles. The Labute approximate surface area is 127 Å². The molecule has 1 fully saturated rings. The molecule has 1 aromatic carbocycles. The van der Waals surface area contributed by atoms with Gasteiger partial charge >= 0.3 is 0 Å². The van der Waals surface area contributed by atoms with Crippen molar-refractivity contribution in [2.24, 2.45) is 0 Å². The van der Waals surface area contributed by atoms with Crippen molar-refractivity contribution < 1.29 is 19.1 Å². The molecule has 0 spiro atoms. The van der Waals surface area contributed by atoms with E-state index in [1.165, 1.54) is 7.11 Å². The molecule has 0 unspecified atom stereocenters. The van der Waals surface area contributed by atoms with E-state index in [0.29, 0.717) is 12.3 Å². The number of amides is 2. The van der Waals surface area contributed by atoms with E-state index in [-0.39, 0.29) is 17.9 Å². The summed E-state index contributed by atoms with van der Waals surface area (Å²) in [7, 11) is 3.11. The SMILES string of the molecule is COCNC(=O)[C@@H]1CSC(=O)N1Cc1ccc(OC)cc1. The topological polar surface area (TPSA) is 67.9 Å². The van der Waals surface area contributed by atoms with Crippen LogP contribution in [0.15, 0.2) is 24.3 Å². The lowest BCUT2D eigenvalue weighted by molar-refractivity contribution is -0.126. The summed E-state index contributed by atoms with van der Waals surface area (Å²) in [4.78, 5) is 25.6. The monoisotopic (exact) mass is 310 g/mol. The third-order valence-corrected chi connectivity index (χ3v) is 4.14. The van der Waals surface area contributed by atoms with E-state index in [0.717, 1.165) is 23.1 Å². The van der Waals surface area contributed by atoms with Gasteiger partial charge in [0.05, 0.1) is 7.11 Å². The number of nitrogens with one attached hydrogen (secondary N) is 1. The molecule has 0 aromatic heterocycles. The summed E-state index contributed by atoms with van der Waals surface area (Å²) in [6.07, 6.45) is 0. The van der Waals surface area contributed by atoms with E-state index in [4.69, 9.17) is 9.47 Å². The van der Waals surface area contributed by atoms with Gasteiger partial charge in [0.25, 0.3) is 5.24 Å². The van der Waals surface area contributed by atoms with Crippen molar-refractivity contribution in [1.29, 1.82) is 0 Å². The molecule has 2 amide bonds. The lowest BCUT2D eigenvalue weighted by atomic mass is 10.2. The molecule has 0 aliphatic carbocycles. The largest absolute Gasteiger partial charge is 0.497 e. The highest BCUT2D eigenvalue weighted by Crippen LogP contribution is 2.26. The molecule has 1 aromatic rings. The van der Waals surface area contributed by atoms with Crippen molar-refractivity contribution in [2.45, 2.75) is 12.6 Å². The summed E-state index contributed by atoms with van der Waals surface area (Å²) >= 11 is 1.16. The number of carbonyl (C=O) groups is 2. The van der Waals surface area contributed by atoms with Crippen molar-refractivity contribution in [3.05, 3.63) is 29.8 Å². The molecule has 1 aliphatic heterocycles. The normalized spacial score (nSPS) is 17.9. The van der Waals surface area contributed by atoms with Crippen LogP contribution in [-0.4, -0.2) is 48.8 Å². The first kappa shape index (κ1) is 15.7. The van der Waals surface area contributed by atoms with Gasteiger partial charge in [-0.1, -0.05) is 23.9 Å². The fourth-order valence-electron chi connectivity index (χ4n) is 2.03. The minimum atomic E-state index is -0.459. The molecular formula is C14H18N2O4S. The second-order valence-electron chi connectivity index (χ2n) is 4.54. The van der Waals surface area contributed by atoms with E-state index in [1.54, 1.807) is 12.0 Å². The summed E-state index contributed by atoms with van der Waals surface area (Å²) in [5, 5.41) is 2.56. The Bertz CT molecular complexity index is 506. The Morgan fingerprint density at radius 2 is 2.10 bits per heavy atom. The van der Waals surface area contributed by atoms with Gasteiger partial charge in [-0.2, -0.15) is 0 Å². The highest BCUT2D eigenvalue weighted by Gasteiger charge is 2.36. The van der Waals surface area contributed by atoms with Gasteiger partial charge in [-0.05, 0) is 17.7 Å². The first-order valence-corrected chi connectivity index (χ1v) is 7.47. The van der Waals surface area contributed by atoms with Gasteiger partial charge in [0.15, 0.2) is 0 Å². The predicted octanol–water partition coefficient (Wildman–Crippen LogP) is 1.45. The zero-order chi connectivity index (χ0) is 15.2. The van der Waals surface area contributed by atoms with E-state index < -0.39 is 6.04 Å². The average molecular weight is 310 g/mol. The molecule has 1 aliphatic rings. The highest BCUT2D eigenvalue weighted by molar-refractivity contribution is 8.13. The van der Waals surface area contributed by atoms with Gasteiger partial charge in [-0.25, -0.2) is 0 Å². The van der Waals surface area contributed by atoms with Crippen LogP contribution in [-0.2, 0) is 16.1 Å². The van der Waals surface area contributed by atoms with E-state index in [9.17, 15) is 9.59 Å². The Morgan fingerprint density at radius 1 is 1.38 bits per heavy atom. The van der Waals surface area contributed by atoms with Crippen LogP contribution in [0.2, 0.25) is 0 Å². The smallest absolute Gasteiger partial charge is 0.282 e. The Balaban J connectivity index is 2.04. The van der Waals surface area contributed by atoms with Crippen LogP contribution in [0.3, 0.4) is 0 Å². The molecule has 1 heterocycles. The van der Waals surface area contributed by atoms with Gasteiger partial charge < -0.3 is 19.7 Å². The Hall–Kier alpha value is -1.73. The first-order chi connectivity index (χ1) is 10.2. The molecule has 1 saturated heterocycles. The van der Waals surface area contributed by atoms with Gasteiger partial charge in [-0.3, -0.25) is 9.59 Å². The van der Waals surface area contributed by atoms with Crippen LogP contribution >= 0.6 is 11.8 Å². The number of nitrogens with zero attached hydrogens (tertiary/aromatic N) is 1. The fourth-order valence-corrected chi connectivity index (χ4v) is 3.02. The maximum absolute atomic E-state index is 12.0. The van der Waals surface area contributed by atoms with E-state index in [1.807, 2.05) is 24.3 Å². The minimum absolute atomic E-state index is 0.0802. The first-order valence-electron chi connectivity index (χ1n) is 6.48. The maximum atomic E-state index is 12.0. The predicted molar refractivity (Wildman–Crippen MR) is 80.2 cm³/mol. The van der Waals surface area contributed by atoms with Crippen LogP contribution in [0.4, 0.5) is 4.79 Å². The minimum Gasteiger partial charge on any atom is -0.497 e.